The largest absolute Gasteiger partial charge is 0.480 e. The lowest BCUT2D eigenvalue weighted by atomic mass is 10.1. The number of Topliss-reactive ketones (excluding diaryl/α,β-unsaturated/α-hetero) is 1. The number of pyridine rings is 1. The topological polar surface area (TPSA) is 131 Å². The maximum Gasteiger partial charge on any atom is 0.344 e. The molecule has 0 radical (unpaired) electrons. The number of aryl methyl sites for hydroxylation is 1. The SMILES string of the molecule is COc1ncccc1C(=O)OCC(=O)c1cc(C)n(-c2ccc(S(N)(=O)=O)cc2)c1C. The van der Waals surface area contributed by atoms with E-state index in [1.165, 1.54) is 31.5 Å². The van der Waals surface area contributed by atoms with Gasteiger partial charge in [-0.05, 0) is 56.3 Å². The summed E-state index contributed by atoms with van der Waals surface area (Å²) in [6.07, 6.45) is 1.48. The normalized spacial score (nSPS) is 11.2. The molecule has 3 rings (SSSR count). The summed E-state index contributed by atoms with van der Waals surface area (Å²) in [6.45, 7) is 3.11. The minimum atomic E-state index is -3.80. The number of sulfonamides is 1. The zero-order valence-electron chi connectivity index (χ0n) is 17.2. The third-order valence-electron chi connectivity index (χ3n) is 4.67. The van der Waals surface area contributed by atoms with Crippen LogP contribution in [0.5, 0.6) is 5.88 Å². The number of ketones is 1. The van der Waals surface area contributed by atoms with Crippen molar-refractivity contribution in [2.75, 3.05) is 13.7 Å². The second-order valence-corrected chi connectivity index (χ2v) is 8.28. The van der Waals surface area contributed by atoms with Crippen molar-refractivity contribution in [2.45, 2.75) is 18.7 Å². The van der Waals surface area contributed by atoms with Crippen LogP contribution in [-0.4, -0.2) is 43.4 Å². The number of benzene rings is 1. The Kier molecular flexibility index (Phi) is 6.23. The zero-order chi connectivity index (χ0) is 22.8. The van der Waals surface area contributed by atoms with Crippen LogP contribution in [0.25, 0.3) is 5.69 Å². The van der Waals surface area contributed by atoms with Crippen LogP contribution in [0.15, 0.2) is 53.6 Å². The highest BCUT2D eigenvalue weighted by Gasteiger charge is 2.20. The van der Waals surface area contributed by atoms with Crippen LogP contribution in [0, 0.1) is 13.8 Å². The van der Waals surface area contributed by atoms with Crippen LogP contribution < -0.4 is 9.88 Å². The van der Waals surface area contributed by atoms with Gasteiger partial charge in [-0.15, -0.1) is 0 Å². The molecule has 0 aliphatic heterocycles. The standard InChI is InChI=1S/C21H21N3O6S/c1-13-11-18(14(2)24(13)15-6-8-16(9-7-15)31(22,27)28)19(25)12-30-21(26)17-5-4-10-23-20(17)29-3/h4-11H,12H2,1-3H3,(H2,22,27,28). The first-order chi connectivity index (χ1) is 14.6. The number of hydrogen-bond acceptors (Lipinski definition) is 7. The van der Waals surface area contributed by atoms with Crippen LogP contribution in [0.1, 0.15) is 32.1 Å². The predicted octanol–water partition coefficient (Wildman–Crippen LogP) is 2.18. The van der Waals surface area contributed by atoms with Crippen LogP contribution in [0.4, 0.5) is 0 Å². The molecule has 0 saturated carbocycles. The summed E-state index contributed by atoms with van der Waals surface area (Å²) in [5.41, 5.74) is 2.56. The second kappa shape index (κ2) is 8.70. The number of carbonyl (C=O) groups is 2. The highest BCUT2D eigenvalue weighted by Crippen LogP contribution is 2.23. The third-order valence-corrected chi connectivity index (χ3v) is 5.60. The van der Waals surface area contributed by atoms with E-state index in [2.05, 4.69) is 4.98 Å². The predicted molar refractivity (Wildman–Crippen MR) is 112 cm³/mol. The van der Waals surface area contributed by atoms with Crippen LogP contribution in [-0.2, 0) is 14.8 Å². The van der Waals surface area contributed by atoms with E-state index in [4.69, 9.17) is 14.6 Å². The van der Waals surface area contributed by atoms with Gasteiger partial charge in [-0.25, -0.2) is 23.3 Å². The molecule has 9 nitrogen and oxygen atoms in total. The molecule has 0 unspecified atom stereocenters. The van der Waals surface area contributed by atoms with Gasteiger partial charge in [-0.2, -0.15) is 0 Å². The minimum Gasteiger partial charge on any atom is -0.480 e. The molecule has 0 atom stereocenters. The molecule has 0 saturated heterocycles. The first-order valence-corrected chi connectivity index (χ1v) is 10.7. The number of carbonyl (C=O) groups excluding carboxylic acids is 2. The van der Waals surface area contributed by atoms with Gasteiger partial charge in [0.2, 0.25) is 21.7 Å². The van der Waals surface area contributed by atoms with Gasteiger partial charge >= 0.3 is 5.97 Å². The summed E-state index contributed by atoms with van der Waals surface area (Å²) >= 11 is 0. The first-order valence-electron chi connectivity index (χ1n) is 9.15. The Bertz CT molecular complexity index is 1250. The number of nitrogens with zero attached hydrogens (tertiary/aromatic N) is 2. The molecule has 0 aliphatic rings. The Labute approximate surface area is 179 Å². The molecule has 2 heterocycles. The molecule has 3 aromatic rings. The summed E-state index contributed by atoms with van der Waals surface area (Å²) in [5, 5.41) is 5.13. The van der Waals surface area contributed by atoms with Crippen molar-refractivity contribution in [1.29, 1.82) is 0 Å². The van der Waals surface area contributed by atoms with Crippen molar-refractivity contribution in [3.8, 4) is 11.6 Å². The highest BCUT2D eigenvalue weighted by atomic mass is 32.2. The number of aromatic nitrogens is 2. The highest BCUT2D eigenvalue weighted by molar-refractivity contribution is 7.89. The molecular weight excluding hydrogens is 422 g/mol. The Morgan fingerprint density at radius 2 is 1.77 bits per heavy atom. The third kappa shape index (κ3) is 4.65. The van der Waals surface area contributed by atoms with E-state index in [-0.39, 0.29) is 22.1 Å². The fraction of sp³-hybridized carbons (Fsp3) is 0.190. The lowest BCUT2D eigenvalue weighted by Gasteiger charge is -2.11. The molecule has 0 fully saturated rings. The van der Waals surface area contributed by atoms with Gasteiger partial charge in [-0.3, -0.25) is 4.79 Å². The molecule has 2 N–H and O–H groups in total. The van der Waals surface area contributed by atoms with Crippen LogP contribution in [0.3, 0.4) is 0 Å². The lowest BCUT2D eigenvalue weighted by Crippen LogP contribution is -2.16. The molecule has 0 amide bonds. The molecule has 0 bridgehead atoms. The summed E-state index contributed by atoms with van der Waals surface area (Å²) in [6, 6.07) is 10.7. The van der Waals surface area contributed by atoms with Crippen molar-refractivity contribution >= 4 is 21.8 Å². The average Bonchev–Trinajstić information content (AvgIpc) is 3.05. The molecule has 10 heteroatoms. The number of esters is 1. The Morgan fingerprint density at radius 3 is 2.39 bits per heavy atom. The molecule has 1 aromatic carbocycles. The van der Waals surface area contributed by atoms with Crippen molar-refractivity contribution in [1.82, 2.24) is 9.55 Å². The van der Waals surface area contributed by atoms with Gasteiger partial charge in [0.05, 0.1) is 12.0 Å². The number of ether oxygens (including phenoxy) is 2. The molecule has 31 heavy (non-hydrogen) atoms. The van der Waals surface area contributed by atoms with E-state index in [1.54, 1.807) is 35.8 Å². The Morgan fingerprint density at radius 1 is 1.10 bits per heavy atom. The van der Waals surface area contributed by atoms with E-state index in [9.17, 15) is 18.0 Å². The number of primary sulfonamides is 1. The van der Waals surface area contributed by atoms with Gasteiger partial charge in [0.25, 0.3) is 0 Å². The zero-order valence-corrected chi connectivity index (χ0v) is 18.0. The van der Waals surface area contributed by atoms with Gasteiger partial charge < -0.3 is 14.0 Å². The number of methoxy groups -OCH3 is 1. The molecule has 2 aromatic heterocycles. The van der Waals surface area contributed by atoms with Crippen molar-refractivity contribution in [3.05, 3.63) is 71.2 Å². The van der Waals surface area contributed by atoms with Crippen molar-refractivity contribution in [3.63, 3.8) is 0 Å². The van der Waals surface area contributed by atoms with E-state index in [1.807, 2.05) is 6.92 Å². The van der Waals surface area contributed by atoms with Crippen molar-refractivity contribution in [2.24, 2.45) is 5.14 Å². The van der Waals surface area contributed by atoms with Gasteiger partial charge in [-0.1, -0.05) is 0 Å². The second-order valence-electron chi connectivity index (χ2n) is 6.72. The quantitative estimate of drug-likeness (QED) is 0.437. The lowest BCUT2D eigenvalue weighted by molar-refractivity contribution is 0.0470. The maximum atomic E-state index is 12.7. The number of hydrogen-bond donors (Lipinski definition) is 1. The van der Waals surface area contributed by atoms with E-state index >= 15 is 0 Å². The van der Waals surface area contributed by atoms with Gasteiger partial charge in [0.1, 0.15) is 5.56 Å². The summed E-state index contributed by atoms with van der Waals surface area (Å²) in [5.74, 6) is -0.983. The van der Waals surface area contributed by atoms with E-state index < -0.39 is 22.6 Å². The number of nitrogens with two attached hydrogens (primary N) is 1. The first kappa shape index (κ1) is 22.2. The summed E-state index contributed by atoms with van der Waals surface area (Å²) in [4.78, 5) is 28.9. The van der Waals surface area contributed by atoms with Gasteiger partial charge in [0.15, 0.2) is 6.61 Å². The number of rotatable bonds is 7. The monoisotopic (exact) mass is 443 g/mol. The summed E-state index contributed by atoms with van der Waals surface area (Å²) in [7, 11) is -2.42. The Hall–Kier alpha value is -3.50. The molecule has 162 valence electrons. The van der Waals surface area contributed by atoms with E-state index in [0.717, 1.165) is 5.69 Å². The van der Waals surface area contributed by atoms with Crippen molar-refractivity contribution < 1.29 is 27.5 Å². The smallest absolute Gasteiger partial charge is 0.344 e. The van der Waals surface area contributed by atoms with Crippen LogP contribution >= 0.6 is 0 Å². The fourth-order valence-corrected chi connectivity index (χ4v) is 3.74. The average molecular weight is 443 g/mol. The molecule has 0 aliphatic carbocycles. The van der Waals surface area contributed by atoms with Crippen LogP contribution in [0.2, 0.25) is 0 Å². The van der Waals surface area contributed by atoms with Gasteiger partial charge in [0, 0.05) is 28.8 Å². The summed E-state index contributed by atoms with van der Waals surface area (Å²) < 4.78 is 34.9. The fourth-order valence-electron chi connectivity index (χ4n) is 3.22. The Balaban J connectivity index is 1.80. The molecule has 0 spiro atoms. The molecular formula is C21H21N3O6S. The minimum absolute atomic E-state index is 0.00671. The van der Waals surface area contributed by atoms with E-state index in [0.29, 0.717) is 16.9 Å². The maximum absolute atomic E-state index is 12.7.